The number of benzene rings is 1. The number of nitrogens with one attached hydrogen (secondary N) is 1. The van der Waals surface area contributed by atoms with E-state index in [2.05, 4.69) is 12.2 Å². The average Bonchev–Trinajstić information content (AvgIpc) is 2.25. The third-order valence-electron chi connectivity index (χ3n) is 2.20. The third kappa shape index (κ3) is 3.69. The molecule has 14 heavy (non-hydrogen) atoms. The minimum Gasteiger partial charge on any atom is -0.497 e. The van der Waals surface area contributed by atoms with Crippen molar-refractivity contribution in [2.75, 3.05) is 19.0 Å². The second-order valence-corrected chi connectivity index (χ2v) is 3.36. The maximum atomic E-state index is 5.08. The van der Waals surface area contributed by atoms with Crippen LogP contribution in [-0.2, 0) is 0 Å². The summed E-state index contributed by atoms with van der Waals surface area (Å²) in [4.78, 5) is 0. The molecule has 2 nitrogen and oxygen atoms in total. The topological polar surface area (TPSA) is 21.3 Å². The first-order valence-corrected chi connectivity index (χ1v) is 5.24. The van der Waals surface area contributed by atoms with Crippen LogP contribution >= 0.6 is 0 Å². The molecule has 0 saturated carbocycles. The molecule has 0 fully saturated rings. The Balaban J connectivity index is 2.29. The number of unbranched alkanes of at least 4 members (excludes halogenated alkanes) is 2. The van der Waals surface area contributed by atoms with E-state index in [-0.39, 0.29) is 0 Å². The van der Waals surface area contributed by atoms with Crippen molar-refractivity contribution in [3.63, 3.8) is 0 Å². The van der Waals surface area contributed by atoms with Crippen LogP contribution in [0.5, 0.6) is 5.75 Å². The average molecular weight is 193 g/mol. The van der Waals surface area contributed by atoms with Gasteiger partial charge >= 0.3 is 0 Å². The molecule has 1 N–H and O–H groups in total. The van der Waals surface area contributed by atoms with Crippen molar-refractivity contribution < 1.29 is 4.74 Å². The molecule has 0 aliphatic carbocycles. The smallest absolute Gasteiger partial charge is 0.119 e. The maximum Gasteiger partial charge on any atom is 0.119 e. The Hall–Kier alpha value is -1.18. The van der Waals surface area contributed by atoms with Gasteiger partial charge in [0.25, 0.3) is 0 Å². The van der Waals surface area contributed by atoms with E-state index < -0.39 is 0 Å². The molecule has 0 spiro atoms. The first kappa shape index (κ1) is 10.9. The van der Waals surface area contributed by atoms with Gasteiger partial charge in [0.2, 0.25) is 0 Å². The molecule has 0 aliphatic rings. The van der Waals surface area contributed by atoms with Gasteiger partial charge in [-0.1, -0.05) is 19.8 Å². The summed E-state index contributed by atoms with van der Waals surface area (Å²) in [6, 6.07) is 8.04. The standard InChI is InChI=1S/C12H19NO/c1-3-4-5-10-13-11-6-8-12(14-2)9-7-11/h6-9,13H,3-5,10H2,1-2H3. The van der Waals surface area contributed by atoms with Crippen LogP contribution in [0.4, 0.5) is 5.69 Å². The molecule has 0 aromatic heterocycles. The van der Waals surface area contributed by atoms with E-state index in [1.54, 1.807) is 7.11 Å². The molecule has 0 amide bonds. The van der Waals surface area contributed by atoms with Gasteiger partial charge in [-0.05, 0) is 30.7 Å². The van der Waals surface area contributed by atoms with Gasteiger partial charge in [0.05, 0.1) is 7.11 Å². The summed E-state index contributed by atoms with van der Waals surface area (Å²) in [7, 11) is 1.68. The van der Waals surface area contributed by atoms with Crippen molar-refractivity contribution in [2.45, 2.75) is 26.2 Å². The van der Waals surface area contributed by atoms with Crippen LogP contribution in [0.2, 0.25) is 0 Å². The Morgan fingerprint density at radius 2 is 1.86 bits per heavy atom. The van der Waals surface area contributed by atoms with Gasteiger partial charge in [-0.2, -0.15) is 0 Å². The number of methoxy groups -OCH3 is 1. The summed E-state index contributed by atoms with van der Waals surface area (Å²) >= 11 is 0. The fraction of sp³-hybridized carbons (Fsp3) is 0.500. The molecule has 1 rings (SSSR count). The van der Waals surface area contributed by atoms with E-state index in [1.807, 2.05) is 24.3 Å². The lowest BCUT2D eigenvalue weighted by molar-refractivity contribution is 0.415. The second kappa shape index (κ2) is 6.30. The zero-order chi connectivity index (χ0) is 10.2. The van der Waals surface area contributed by atoms with Gasteiger partial charge < -0.3 is 10.1 Å². The summed E-state index contributed by atoms with van der Waals surface area (Å²) < 4.78 is 5.08. The fourth-order valence-electron chi connectivity index (χ4n) is 1.32. The minimum absolute atomic E-state index is 0.907. The van der Waals surface area contributed by atoms with E-state index in [1.165, 1.54) is 24.9 Å². The second-order valence-electron chi connectivity index (χ2n) is 3.36. The van der Waals surface area contributed by atoms with Gasteiger partial charge in [0.15, 0.2) is 0 Å². The van der Waals surface area contributed by atoms with Gasteiger partial charge in [-0.3, -0.25) is 0 Å². The van der Waals surface area contributed by atoms with Crippen LogP contribution in [0, 0.1) is 0 Å². The van der Waals surface area contributed by atoms with Crippen molar-refractivity contribution in [1.82, 2.24) is 0 Å². The van der Waals surface area contributed by atoms with E-state index in [0.717, 1.165) is 12.3 Å². The lowest BCUT2D eigenvalue weighted by Gasteiger charge is -2.06. The van der Waals surface area contributed by atoms with Crippen LogP contribution in [0.3, 0.4) is 0 Å². The van der Waals surface area contributed by atoms with Crippen LogP contribution in [0.25, 0.3) is 0 Å². The van der Waals surface area contributed by atoms with E-state index in [9.17, 15) is 0 Å². The lowest BCUT2D eigenvalue weighted by Crippen LogP contribution is -2.00. The zero-order valence-electron chi connectivity index (χ0n) is 9.05. The highest BCUT2D eigenvalue weighted by Gasteiger charge is 1.92. The molecule has 0 aliphatic heterocycles. The predicted octanol–water partition coefficient (Wildman–Crippen LogP) is 3.30. The van der Waals surface area contributed by atoms with Crippen LogP contribution < -0.4 is 10.1 Å². The minimum atomic E-state index is 0.907. The quantitative estimate of drug-likeness (QED) is 0.700. The maximum absolute atomic E-state index is 5.08. The first-order valence-electron chi connectivity index (χ1n) is 5.24. The number of anilines is 1. The van der Waals surface area contributed by atoms with E-state index in [4.69, 9.17) is 4.74 Å². The summed E-state index contributed by atoms with van der Waals surface area (Å²) in [5.41, 5.74) is 1.17. The van der Waals surface area contributed by atoms with Gasteiger partial charge in [-0.25, -0.2) is 0 Å². The summed E-state index contributed by atoms with van der Waals surface area (Å²) in [5.74, 6) is 0.907. The van der Waals surface area contributed by atoms with Gasteiger partial charge in [0, 0.05) is 12.2 Å². The van der Waals surface area contributed by atoms with Crippen LogP contribution in [0.15, 0.2) is 24.3 Å². The van der Waals surface area contributed by atoms with E-state index >= 15 is 0 Å². The highest BCUT2D eigenvalue weighted by molar-refractivity contribution is 5.46. The molecule has 0 radical (unpaired) electrons. The molecular formula is C12H19NO. The van der Waals surface area contributed by atoms with Crippen molar-refractivity contribution in [3.05, 3.63) is 24.3 Å². The van der Waals surface area contributed by atoms with Crippen molar-refractivity contribution in [3.8, 4) is 5.75 Å². The number of ether oxygens (including phenoxy) is 1. The molecule has 0 bridgehead atoms. The number of hydrogen-bond acceptors (Lipinski definition) is 2. The first-order chi connectivity index (χ1) is 6.86. The molecule has 1 aromatic carbocycles. The van der Waals surface area contributed by atoms with Crippen LogP contribution in [-0.4, -0.2) is 13.7 Å². The summed E-state index contributed by atoms with van der Waals surface area (Å²) in [6.45, 7) is 3.27. The Morgan fingerprint density at radius 3 is 2.43 bits per heavy atom. The molecule has 0 saturated heterocycles. The summed E-state index contributed by atoms with van der Waals surface area (Å²) in [6.07, 6.45) is 3.80. The lowest BCUT2D eigenvalue weighted by atomic mass is 10.2. The Kier molecular flexibility index (Phi) is 4.90. The van der Waals surface area contributed by atoms with Crippen molar-refractivity contribution in [1.29, 1.82) is 0 Å². The SMILES string of the molecule is CCCCCNc1ccc(OC)cc1. The molecule has 0 atom stereocenters. The van der Waals surface area contributed by atoms with Crippen molar-refractivity contribution in [2.24, 2.45) is 0 Å². The Morgan fingerprint density at radius 1 is 1.14 bits per heavy atom. The summed E-state index contributed by atoms with van der Waals surface area (Å²) in [5, 5.41) is 3.38. The van der Waals surface area contributed by atoms with Crippen molar-refractivity contribution >= 4 is 5.69 Å². The number of hydrogen-bond donors (Lipinski definition) is 1. The predicted molar refractivity (Wildman–Crippen MR) is 61.0 cm³/mol. The molecule has 1 aromatic rings. The number of rotatable bonds is 6. The highest BCUT2D eigenvalue weighted by atomic mass is 16.5. The molecule has 2 heteroatoms. The monoisotopic (exact) mass is 193 g/mol. The zero-order valence-corrected chi connectivity index (χ0v) is 9.05. The normalized spacial score (nSPS) is 9.86. The highest BCUT2D eigenvalue weighted by Crippen LogP contribution is 2.14. The van der Waals surface area contributed by atoms with Crippen LogP contribution in [0.1, 0.15) is 26.2 Å². The van der Waals surface area contributed by atoms with Gasteiger partial charge in [0.1, 0.15) is 5.75 Å². The molecule has 78 valence electrons. The van der Waals surface area contributed by atoms with E-state index in [0.29, 0.717) is 0 Å². The fourth-order valence-corrected chi connectivity index (χ4v) is 1.32. The molecular weight excluding hydrogens is 174 g/mol. The molecule has 0 unspecified atom stereocenters. The Bertz CT molecular complexity index is 243. The Labute approximate surface area is 86.3 Å². The third-order valence-corrected chi connectivity index (χ3v) is 2.20. The van der Waals surface area contributed by atoms with Gasteiger partial charge in [-0.15, -0.1) is 0 Å². The molecule has 0 heterocycles. The largest absolute Gasteiger partial charge is 0.497 e.